The van der Waals surface area contributed by atoms with Crippen LogP contribution in [0.3, 0.4) is 0 Å². The maximum Gasteiger partial charge on any atom is 0.235 e. The molecular formula is C15H24BrClN2O3S. The van der Waals surface area contributed by atoms with Gasteiger partial charge in [-0.25, -0.2) is 8.42 Å². The van der Waals surface area contributed by atoms with Crippen molar-refractivity contribution in [2.45, 2.75) is 32.1 Å². The summed E-state index contributed by atoms with van der Waals surface area (Å²) in [4.78, 5) is 12.0. The summed E-state index contributed by atoms with van der Waals surface area (Å²) < 4.78 is 25.1. The number of halogens is 2. The largest absolute Gasteiger partial charge is 0.349 e. The summed E-state index contributed by atoms with van der Waals surface area (Å²) in [5.74, 6) is -1.12. The van der Waals surface area contributed by atoms with Crippen molar-refractivity contribution in [1.29, 1.82) is 0 Å². The summed E-state index contributed by atoms with van der Waals surface area (Å²) in [5.41, 5.74) is 5.73. The maximum absolute atomic E-state index is 12.2. The van der Waals surface area contributed by atoms with Gasteiger partial charge in [0.15, 0.2) is 9.84 Å². The zero-order valence-electron chi connectivity index (χ0n) is 13.5. The van der Waals surface area contributed by atoms with Crippen molar-refractivity contribution in [3.8, 4) is 0 Å². The molecule has 0 radical (unpaired) electrons. The van der Waals surface area contributed by atoms with Crippen LogP contribution < -0.4 is 11.1 Å². The summed E-state index contributed by atoms with van der Waals surface area (Å²) in [6.07, 6.45) is 0. The number of sulfone groups is 1. The topological polar surface area (TPSA) is 89.3 Å². The van der Waals surface area contributed by atoms with Crippen LogP contribution in [0.2, 0.25) is 0 Å². The van der Waals surface area contributed by atoms with Crippen LogP contribution in [-0.2, 0) is 20.4 Å². The van der Waals surface area contributed by atoms with E-state index in [0.717, 1.165) is 4.47 Å². The van der Waals surface area contributed by atoms with Crippen molar-refractivity contribution < 1.29 is 13.2 Å². The van der Waals surface area contributed by atoms with Crippen molar-refractivity contribution >= 4 is 44.1 Å². The van der Waals surface area contributed by atoms with E-state index in [1.54, 1.807) is 18.2 Å². The molecule has 0 aromatic heterocycles. The molecule has 0 heterocycles. The Kier molecular flexibility index (Phi) is 8.76. The molecule has 0 saturated carbocycles. The van der Waals surface area contributed by atoms with Gasteiger partial charge in [0.2, 0.25) is 5.91 Å². The monoisotopic (exact) mass is 426 g/mol. The molecule has 1 unspecified atom stereocenters. The molecular weight excluding hydrogens is 404 g/mol. The summed E-state index contributed by atoms with van der Waals surface area (Å²) in [7, 11) is -3.53. The van der Waals surface area contributed by atoms with Gasteiger partial charge < -0.3 is 11.1 Å². The van der Waals surface area contributed by atoms with Crippen LogP contribution in [0.4, 0.5) is 0 Å². The van der Waals surface area contributed by atoms with Gasteiger partial charge in [0, 0.05) is 11.0 Å². The molecule has 132 valence electrons. The second-order valence-electron chi connectivity index (χ2n) is 5.99. The fourth-order valence-corrected chi connectivity index (χ4v) is 3.62. The smallest absolute Gasteiger partial charge is 0.235 e. The second-order valence-corrected chi connectivity index (χ2v) is 8.97. The molecule has 0 bridgehead atoms. The van der Waals surface area contributed by atoms with E-state index in [9.17, 15) is 13.2 Å². The van der Waals surface area contributed by atoms with Gasteiger partial charge in [0.05, 0.1) is 11.3 Å². The number of amides is 1. The quantitative estimate of drug-likeness (QED) is 0.698. The highest BCUT2D eigenvalue weighted by Crippen LogP contribution is 2.16. The van der Waals surface area contributed by atoms with Gasteiger partial charge in [-0.2, -0.15) is 0 Å². The van der Waals surface area contributed by atoms with Crippen LogP contribution in [-0.4, -0.2) is 32.2 Å². The number of benzene rings is 1. The van der Waals surface area contributed by atoms with Crippen LogP contribution in [0.25, 0.3) is 0 Å². The van der Waals surface area contributed by atoms with E-state index in [4.69, 9.17) is 5.73 Å². The van der Waals surface area contributed by atoms with E-state index in [0.29, 0.717) is 5.56 Å². The molecule has 3 N–H and O–H groups in total. The lowest BCUT2D eigenvalue weighted by Gasteiger charge is -2.33. The minimum absolute atomic E-state index is 0. The third kappa shape index (κ3) is 7.20. The zero-order chi connectivity index (χ0) is 17.0. The number of hydrogen-bond acceptors (Lipinski definition) is 4. The fraction of sp³-hybridized carbons (Fsp3) is 0.533. The number of rotatable bonds is 7. The average molecular weight is 428 g/mol. The number of nitrogens with two attached hydrogens (primary N) is 1. The predicted octanol–water partition coefficient (Wildman–Crippen LogP) is 2.28. The molecule has 0 saturated heterocycles. The fourth-order valence-electron chi connectivity index (χ4n) is 1.92. The molecule has 1 amide bonds. The van der Waals surface area contributed by atoms with Gasteiger partial charge in [-0.3, -0.25) is 4.79 Å². The first-order valence-electron chi connectivity index (χ1n) is 7.04. The Morgan fingerprint density at radius 2 is 2.00 bits per heavy atom. The van der Waals surface area contributed by atoms with E-state index in [1.807, 2.05) is 26.8 Å². The maximum atomic E-state index is 12.2. The lowest BCUT2D eigenvalue weighted by Crippen LogP contribution is -2.56. The second kappa shape index (κ2) is 9.01. The van der Waals surface area contributed by atoms with Crippen LogP contribution >= 0.6 is 28.3 Å². The number of carbonyl (C=O) groups excluding carboxylic acids is 1. The lowest BCUT2D eigenvalue weighted by molar-refractivity contribution is -0.120. The summed E-state index contributed by atoms with van der Waals surface area (Å²) in [6.45, 7) is 5.94. The molecule has 0 aliphatic carbocycles. The Hall–Kier alpha value is -0.630. The zero-order valence-corrected chi connectivity index (χ0v) is 16.7. The minimum atomic E-state index is -3.53. The Labute approximate surface area is 152 Å². The van der Waals surface area contributed by atoms with Crippen molar-refractivity contribution in [3.05, 3.63) is 34.3 Å². The normalized spacial score (nSPS) is 14.0. The first-order valence-corrected chi connectivity index (χ1v) is 9.65. The van der Waals surface area contributed by atoms with Crippen LogP contribution in [0.15, 0.2) is 28.7 Å². The van der Waals surface area contributed by atoms with E-state index in [2.05, 4.69) is 21.2 Å². The van der Waals surface area contributed by atoms with Gasteiger partial charge >= 0.3 is 0 Å². The third-order valence-electron chi connectivity index (χ3n) is 3.75. The van der Waals surface area contributed by atoms with Gasteiger partial charge in [-0.15, -0.1) is 12.4 Å². The van der Waals surface area contributed by atoms with E-state index >= 15 is 0 Å². The molecule has 1 atom stereocenters. The van der Waals surface area contributed by atoms with E-state index < -0.39 is 27.0 Å². The number of hydrogen-bond donors (Lipinski definition) is 2. The lowest BCUT2D eigenvalue weighted by atomic mass is 9.88. The molecule has 0 aliphatic heterocycles. The molecule has 0 spiro atoms. The van der Waals surface area contributed by atoms with Gasteiger partial charge in [0.25, 0.3) is 0 Å². The van der Waals surface area contributed by atoms with Crippen LogP contribution in [0, 0.1) is 5.92 Å². The van der Waals surface area contributed by atoms with Gasteiger partial charge in [-0.05, 0) is 30.5 Å². The number of carbonyl (C=O) groups is 1. The molecule has 23 heavy (non-hydrogen) atoms. The highest BCUT2D eigenvalue weighted by Gasteiger charge is 2.30. The van der Waals surface area contributed by atoms with Crippen molar-refractivity contribution in [1.82, 2.24) is 5.32 Å². The Balaban J connectivity index is 0.00000484. The SMILES string of the molecule is CC(C)C(C)(CN)NC(=O)CS(=O)(=O)Cc1cccc(Br)c1.Cl. The van der Waals surface area contributed by atoms with Crippen LogP contribution in [0.5, 0.6) is 0 Å². The summed E-state index contributed by atoms with van der Waals surface area (Å²) in [5, 5.41) is 2.74. The van der Waals surface area contributed by atoms with Gasteiger partial charge in [-0.1, -0.05) is 41.9 Å². The highest BCUT2D eigenvalue weighted by atomic mass is 79.9. The Bertz CT molecular complexity index is 637. The molecule has 0 aliphatic rings. The Morgan fingerprint density at radius 3 is 2.48 bits per heavy atom. The van der Waals surface area contributed by atoms with Crippen molar-refractivity contribution in [2.24, 2.45) is 11.7 Å². The molecule has 8 heteroatoms. The standard InChI is InChI=1S/C15H23BrN2O3S.ClH/c1-11(2)15(3,10-17)18-14(19)9-22(20,21)8-12-5-4-6-13(16)7-12;/h4-7,11H,8-10,17H2,1-3H3,(H,18,19);1H. The average Bonchev–Trinajstić information content (AvgIpc) is 2.36. The van der Waals surface area contributed by atoms with E-state index in [1.165, 1.54) is 0 Å². The number of nitrogens with one attached hydrogen (secondary N) is 1. The summed E-state index contributed by atoms with van der Waals surface area (Å²) >= 11 is 3.30. The van der Waals surface area contributed by atoms with Crippen molar-refractivity contribution in [3.63, 3.8) is 0 Å². The molecule has 1 aromatic carbocycles. The van der Waals surface area contributed by atoms with E-state index in [-0.39, 0.29) is 30.6 Å². The molecule has 5 nitrogen and oxygen atoms in total. The first kappa shape index (κ1) is 22.4. The van der Waals surface area contributed by atoms with Gasteiger partial charge in [0.1, 0.15) is 5.75 Å². The minimum Gasteiger partial charge on any atom is -0.349 e. The summed E-state index contributed by atoms with van der Waals surface area (Å²) in [6, 6.07) is 7.03. The molecule has 1 rings (SSSR count). The third-order valence-corrected chi connectivity index (χ3v) is 5.72. The van der Waals surface area contributed by atoms with Crippen LogP contribution in [0.1, 0.15) is 26.3 Å². The molecule has 1 aromatic rings. The Morgan fingerprint density at radius 1 is 1.39 bits per heavy atom. The predicted molar refractivity (Wildman–Crippen MR) is 99.3 cm³/mol. The highest BCUT2D eigenvalue weighted by molar-refractivity contribution is 9.10. The first-order chi connectivity index (χ1) is 10.1. The molecule has 0 fully saturated rings. The van der Waals surface area contributed by atoms with Crippen molar-refractivity contribution in [2.75, 3.05) is 12.3 Å².